The van der Waals surface area contributed by atoms with Gasteiger partial charge in [-0.15, -0.1) is 11.3 Å². The van der Waals surface area contributed by atoms with Crippen LogP contribution in [-0.4, -0.2) is 43.1 Å². The minimum atomic E-state index is -0.0257. The van der Waals surface area contributed by atoms with Crippen LogP contribution in [0.5, 0.6) is 0 Å². The van der Waals surface area contributed by atoms with E-state index in [0.717, 1.165) is 50.3 Å². The Kier molecular flexibility index (Phi) is 5.54. The van der Waals surface area contributed by atoms with Crippen molar-refractivity contribution in [2.24, 2.45) is 0 Å². The molecule has 2 aromatic carbocycles. The average Bonchev–Trinajstić information content (AvgIpc) is 3.39. The molecule has 1 aliphatic heterocycles. The number of carbonyl (C=O) groups is 1. The molecule has 3 N–H and O–H groups in total. The van der Waals surface area contributed by atoms with Crippen LogP contribution in [0.4, 0.5) is 5.69 Å². The van der Waals surface area contributed by atoms with Gasteiger partial charge in [0.25, 0.3) is 5.91 Å². The van der Waals surface area contributed by atoms with E-state index in [1.165, 1.54) is 38.6 Å². The normalized spacial score (nSPS) is 22.0. The van der Waals surface area contributed by atoms with Gasteiger partial charge in [-0.05, 0) is 61.6 Å². The number of amides is 1. The highest BCUT2D eigenvalue weighted by Gasteiger charge is 2.31. The van der Waals surface area contributed by atoms with Gasteiger partial charge < -0.3 is 15.1 Å². The molecular weight excluding hydrogens is 392 g/mol. The SMILES string of the molecule is C[C@H](C(=O)Nc1ccc2c(c1)CCC2)[NH+]1CC[NH+](Cc2nc3ccccc3s2)CC1. The molecule has 2 heterocycles. The number of piperazine rings is 1. The summed E-state index contributed by atoms with van der Waals surface area (Å²) in [4.78, 5) is 20.6. The number of thiazole rings is 1. The summed E-state index contributed by atoms with van der Waals surface area (Å²) in [6.07, 6.45) is 3.55. The highest BCUT2D eigenvalue weighted by molar-refractivity contribution is 7.18. The van der Waals surface area contributed by atoms with Crippen molar-refractivity contribution in [2.75, 3.05) is 31.5 Å². The number of nitrogens with zero attached hydrogens (tertiary/aromatic N) is 1. The predicted molar refractivity (Wildman–Crippen MR) is 121 cm³/mol. The predicted octanol–water partition coefficient (Wildman–Crippen LogP) is 1.10. The second-order valence-electron chi connectivity index (χ2n) is 8.71. The lowest BCUT2D eigenvalue weighted by Gasteiger charge is -2.32. The van der Waals surface area contributed by atoms with Gasteiger partial charge in [0.05, 0.1) is 10.2 Å². The quantitative estimate of drug-likeness (QED) is 0.577. The van der Waals surface area contributed by atoms with Gasteiger partial charge in [0, 0.05) is 5.69 Å². The van der Waals surface area contributed by atoms with Gasteiger partial charge in [0.2, 0.25) is 0 Å². The van der Waals surface area contributed by atoms with Crippen molar-refractivity contribution in [2.45, 2.75) is 38.8 Å². The van der Waals surface area contributed by atoms with Gasteiger partial charge in [-0.1, -0.05) is 18.2 Å². The van der Waals surface area contributed by atoms with Crippen LogP contribution in [0.3, 0.4) is 0 Å². The number of para-hydroxylation sites is 1. The first-order valence-electron chi connectivity index (χ1n) is 11.1. The number of fused-ring (bicyclic) bond motifs is 2. The van der Waals surface area contributed by atoms with Crippen molar-refractivity contribution in [3.05, 3.63) is 58.6 Å². The monoisotopic (exact) mass is 422 g/mol. The van der Waals surface area contributed by atoms with Crippen molar-refractivity contribution in [3.63, 3.8) is 0 Å². The van der Waals surface area contributed by atoms with Crippen molar-refractivity contribution in [1.82, 2.24) is 4.98 Å². The summed E-state index contributed by atoms with van der Waals surface area (Å²) in [6.45, 7) is 7.28. The Balaban J connectivity index is 1.14. The van der Waals surface area contributed by atoms with Gasteiger partial charge in [0.15, 0.2) is 6.04 Å². The number of aryl methyl sites for hydroxylation is 2. The Hall–Kier alpha value is -2.28. The fourth-order valence-corrected chi connectivity index (χ4v) is 5.87. The molecule has 5 rings (SSSR count). The molecule has 0 unspecified atom stereocenters. The number of rotatable bonds is 5. The molecule has 0 spiro atoms. The zero-order chi connectivity index (χ0) is 20.5. The van der Waals surface area contributed by atoms with Crippen molar-refractivity contribution in [3.8, 4) is 0 Å². The van der Waals surface area contributed by atoms with Crippen LogP contribution in [-0.2, 0) is 24.2 Å². The Labute approximate surface area is 181 Å². The van der Waals surface area contributed by atoms with Gasteiger partial charge in [-0.2, -0.15) is 0 Å². The van der Waals surface area contributed by atoms with Crippen LogP contribution in [0.15, 0.2) is 42.5 Å². The molecule has 6 heteroatoms. The van der Waals surface area contributed by atoms with Crippen molar-refractivity contribution in [1.29, 1.82) is 0 Å². The fraction of sp³-hybridized carbons (Fsp3) is 0.417. The lowest BCUT2D eigenvalue weighted by molar-refractivity contribution is -1.02. The van der Waals surface area contributed by atoms with E-state index in [0.29, 0.717) is 0 Å². The van der Waals surface area contributed by atoms with E-state index >= 15 is 0 Å². The van der Waals surface area contributed by atoms with E-state index in [2.05, 4.69) is 54.7 Å². The third-order valence-corrected chi connectivity index (χ3v) is 7.75. The zero-order valence-corrected chi connectivity index (χ0v) is 18.4. The maximum Gasteiger partial charge on any atom is 0.282 e. The third-order valence-electron chi connectivity index (χ3n) is 6.71. The minimum absolute atomic E-state index is 0.0257. The number of hydrogen-bond donors (Lipinski definition) is 3. The molecule has 1 aromatic heterocycles. The zero-order valence-electron chi connectivity index (χ0n) is 17.5. The second kappa shape index (κ2) is 8.46. The van der Waals surface area contributed by atoms with Crippen LogP contribution in [0.2, 0.25) is 0 Å². The van der Waals surface area contributed by atoms with Crippen LogP contribution in [0.25, 0.3) is 10.2 Å². The molecule has 1 aliphatic carbocycles. The van der Waals surface area contributed by atoms with Gasteiger partial charge >= 0.3 is 0 Å². The number of nitrogens with one attached hydrogen (secondary N) is 3. The summed E-state index contributed by atoms with van der Waals surface area (Å²) in [5.74, 6) is 0.137. The third kappa shape index (κ3) is 4.13. The topological polar surface area (TPSA) is 50.9 Å². The number of anilines is 1. The Morgan fingerprint density at radius 2 is 1.90 bits per heavy atom. The maximum atomic E-state index is 12.8. The maximum absolute atomic E-state index is 12.8. The molecule has 2 aliphatic rings. The number of aromatic nitrogens is 1. The Bertz CT molecular complexity index is 1020. The lowest BCUT2D eigenvalue weighted by Crippen LogP contribution is -3.29. The van der Waals surface area contributed by atoms with E-state index < -0.39 is 0 Å². The molecule has 0 saturated carbocycles. The van der Waals surface area contributed by atoms with Gasteiger partial charge in [-0.3, -0.25) is 4.79 Å². The molecule has 156 valence electrons. The second-order valence-corrected chi connectivity index (χ2v) is 9.82. The molecule has 1 fully saturated rings. The van der Waals surface area contributed by atoms with E-state index in [1.54, 1.807) is 4.90 Å². The fourth-order valence-electron chi connectivity index (χ4n) is 4.83. The highest BCUT2D eigenvalue weighted by Crippen LogP contribution is 2.25. The van der Waals surface area contributed by atoms with E-state index in [4.69, 9.17) is 4.98 Å². The van der Waals surface area contributed by atoms with E-state index in [1.807, 2.05) is 11.3 Å². The first-order valence-corrected chi connectivity index (χ1v) is 11.9. The highest BCUT2D eigenvalue weighted by atomic mass is 32.1. The Morgan fingerprint density at radius 1 is 1.10 bits per heavy atom. The van der Waals surface area contributed by atoms with Gasteiger partial charge in [-0.25, -0.2) is 4.98 Å². The summed E-state index contributed by atoms with van der Waals surface area (Å²) >= 11 is 1.81. The standard InChI is InChI=1S/C24H28N4OS/c1-17(24(29)25-20-10-9-18-5-4-6-19(18)15-20)28-13-11-27(12-14-28)16-23-26-21-7-2-3-8-22(21)30-23/h2-3,7-10,15,17H,4-6,11-14,16H2,1H3,(H,25,29)/p+2/t17-/m1/s1. The van der Waals surface area contributed by atoms with E-state index in [-0.39, 0.29) is 11.9 Å². The minimum Gasteiger partial charge on any atom is -0.321 e. The Morgan fingerprint density at radius 3 is 2.73 bits per heavy atom. The molecule has 0 bridgehead atoms. The number of quaternary nitrogens is 2. The first-order chi connectivity index (χ1) is 14.7. The molecule has 30 heavy (non-hydrogen) atoms. The van der Waals surface area contributed by atoms with Crippen LogP contribution >= 0.6 is 11.3 Å². The first kappa shape index (κ1) is 19.7. The summed E-state index contributed by atoms with van der Waals surface area (Å²) in [5.41, 5.74) is 4.91. The van der Waals surface area contributed by atoms with E-state index in [9.17, 15) is 4.79 Å². The summed E-state index contributed by atoms with van der Waals surface area (Å²) in [5, 5.41) is 4.38. The lowest BCUT2D eigenvalue weighted by atomic mass is 10.1. The van der Waals surface area contributed by atoms with Crippen molar-refractivity contribution >= 4 is 33.1 Å². The summed E-state index contributed by atoms with van der Waals surface area (Å²) in [7, 11) is 0. The molecule has 0 radical (unpaired) electrons. The molecule has 1 amide bonds. The molecule has 3 aromatic rings. The molecule has 1 atom stereocenters. The number of carbonyl (C=O) groups excluding carboxylic acids is 1. The number of hydrogen-bond acceptors (Lipinski definition) is 3. The van der Waals surface area contributed by atoms with Crippen LogP contribution in [0, 0.1) is 0 Å². The average molecular weight is 423 g/mol. The van der Waals surface area contributed by atoms with Crippen molar-refractivity contribution < 1.29 is 14.6 Å². The smallest absolute Gasteiger partial charge is 0.282 e. The largest absolute Gasteiger partial charge is 0.321 e. The van der Waals surface area contributed by atoms with Crippen LogP contribution < -0.4 is 15.1 Å². The molecule has 1 saturated heterocycles. The number of benzene rings is 2. The van der Waals surface area contributed by atoms with Crippen LogP contribution in [0.1, 0.15) is 29.5 Å². The molecular formula is C24H30N4OS+2. The summed E-state index contributed by atoms with van der Waals surface area (Å²) in [6, 6.07) is 14.8. The summed E-state index contributed by atoms with van der Waals surface area (Å²) < 4.78 is 1.27. The molecule has 5 nitrogen and oxygen atoms in total. The van der Waals surface area contributed by atoms with Gasteiger partial charge in [0.1, 0.15) is 37.7 Å².